The van der Waals surface area contributed by atoms with Gasteiger partial charge in [0.1, 0.15) is 0 Å². The molecule has 0 fully saturated rings. The standard InChI is InChI=1S/C17H11ClF2N4O/c18-11-2-4-12(5-3-11)21-15-7-8-16(24-23-15)22-17(25)10-1-6-13(19)14(20)9-10/h1-9H,(H,21,23)(H,22,24,25). The quantitative estimate of drug-likeness (QED) is 0.723. The van der Waals surface area contributed by atoms with E-state index in [1.54, 1.807) is 30.3 Å². The number of hydrogen-bond donors (Lipinski definition) is 2. The van der Waals surface area contributed by atoms with Gasteiger partial charge in [-0.2, -0.15) is 0 Å². The zero-order valence-electron chi connectivity index (χ0n) is 12.6. The van der Waals surface area contributed by atoms with Gasteiger partial charge in [0.2, 0.25) is 0 Å². The van der Waals surface area contributed by atoms with Crippen LogP contribution in [0, 0.1) is 11.6 Å². The predicted octanol–water partition coefficient (Wildman–Crippen LogP) is 4.40. The molecule has 0 spiro atoms. The third-order valence-electron chi connectivity index (χ3n) is 3.20. The number of aromatic nitrogens is 2. The van der Waals surface area contributed by atoms with Crippen LogP contribution in [-0.2, 0) is 0 Å². The van der Waals surface area contributed by atoms with Gasteiger partial charge in [0.25, 0.3) is 5.91 Å². The van der Waals surface area contributed by atoms with Crippen molar-refractivity contribution in [2.45, 2.75) is 0 Å². The maximum Gasteiger partial charge on any atom is 0.256 e. The Kier molecular flexibility index (Phi) is 4.85. The van der Waals surface area contributed by atoms with Gasteiger partial charge in [-0.25, -0.2) is 8.78 Å². The van der Waals surface area contributed by atoms with Gasteiger partial charge in [-0.05, 0) is 54.6 Å². The molecule has 126 valence electrons. The normalized spacial score (nSPS) is 10.4. The zero-order valence-corrected chi connectivity index (χ0v) is 13.4. The molecule has 0 radical (unpaired) electrons. The van der Waals surface area contributed by atoms with E-state index in [9.17, 15) is 13.6 Å². The first-order valence-corrected chi connectivity index (χ1v) is 7.52. The van der Waals surface area contributed by atoms with Crippen LogP contribution >= 0.6 is 11.6 Å². The SMILES string of the molecule is O=C(Nc1ccc(Nc2ccc(Cl)cc2)nn1)c1ccc(F)c(F)c1. The van der Waals surface area contributed by atoms with Crippen molar-refractivity contribution in [2.75, 3.05) is 10.6 Å². The fourth-order valence-corrected chi connectivity index (χ4v) is 2.10. The van der Waals surface area contributed by atoms with Crippen LogP contribution in [0.2, 0.25) is 5.02 Å². The maximum absolute atomic E-state index is 13.2. The van der Waals surface area contributed by atoms with Crippen molar-refractivity contribution >= 4 is 34.8 Å². The minimum absolute atomic E-state index is 0.0240. The number of nitrogens with one attached hydrogen (secondary N) is 2. The van der Waals surface area contributed by atoms with Crippen molar-refractivity contribution in [2.24, 2.45) is 0 Å². The number of carbonyl (C=O) groups excluding carboxylic acids is 1. The van der Waals surface area contributed by atoms with E-state index in [0.717, 1.165) is 17.8 Å². The molecule has 1 amide bonds. The molecule has 2 N–H and O–H groups in total. The lowest BCUT2D eigenvalue weighted by molar-refractivity contribution is 0.102. The molecule has 0 unspecified atom stereocenters. The number of rotatable bonds is 4. The minimum atomic E-state index is -1.10. The summed E-state index contributed by atoms with van der Waals surface area (Å²) in [5, 5.41) is 13.9. The van der Waals surface area contributed by atoms with E-state index in [4.69, 9.17) is 11.6 Å². The second-order valence-corrected chi connectivity index (χ2v) is 5.46. The molecule has 0 saturated carbocycles. The number of amides is 1. The highest BCUT2D eigenvalue weighted by molar-refractivity contribution is 6.30. The van der Waals surface area contributed by atoms with Gasteiger partial charge in [-0.1, -0.05) is 11.6 Å². The van der Waals surface area contributed by atoms with Crippen LogP contribution in [0.3, 0.4) is 0 Å². The molecular weight excluding hydrogens is 350 g/mol. The molecule has 1 heterocycles. The molecule has 25 heavy (non-hydrogen) atoms. The summed E-state index contributed by atoms with van der Waals surface area (Å²) in [6.45, 7) is 0. The Bertz CT molecular complexity index is 902. The van der Waals surface area contributed by atoms with Gasteiger partial charge in [0, 0.05) is 16.3 Å². The van der Waals surface area contributed by atoms with Gasteiger partial charge in [-0.3, -0.25) is 4.79 Å². The van der Waals surface area contributed by atoms with Crippen molar-refractivity contribution in [3.8, 4) is 0 Å². The van der Waals surface area contributed by atoms with E-state index in [1.165, 1.54) is 12.1 Å². The molecule has 5 nitrogen and oxygen atoms in total. The van der Waals surface area contributed by atoms with Crippen LogP contribution < -0.4 is 10.6 Å². The Labute approximate surface area is 146 Å². The lowest BCUT2D eigenvalue weighted by atomic mass is 10.2. The van der Waals surface area contributed by atoms with E-state index in [2.05, 4.69) is 20.8 Å². The van der Waals surface area contributed by atoms with Crippen molar-refractivity contribution in [3.63, 3.8) is 0 Å². The molecule has 0 atom stereocenters. The number of anilines is 3. The Hall–Kier alpha value is -3.06. The fraction of sp³-hybridized carbons (Fsp3) is 0. The topological polar surface area (TPSA) is 66.9 Å². The third kappa shape index (κ3) is 4.27. The van der Waals surface area contributed by atoms with E-state index < -0.39 is 17.5 Å². The highest BCUT2D eigenvalue weighted by Gasteiger charge is 2.11. The lowest BCUT2D eigenvalue weighted by Crippen LogP contribution is -2.14. The molecule has 0 bridgehead atoms. The van der Waals surface area contributed by atoms with Crippen molar-refractivity contribution < 1.29 is 13.6 Å². The second-order valence-electron chi connectivity index (χ2n) is 5.02. The van der Waals surface area contributed by atoms with E-state index in [1.807, 2.05) is 0 Å². The molecular formula is C17H11ClF2N4O. The molecule has 0 aliphatic rings. The Morgan fingerprint density at radius 1 is 0.880 bits per heavy atom. The summed E-state index contributed by atoms with van der Waals surface area (Å²) in [7, 11) is 0. The zero-order chi connectivity index (χ0) is 17.8. The average Bonchev–Trinajstić information content (AvgIpc) is 2.61. The maximum atomic E-state index is 13.2. The fourth-order valence-electron chi connectivity index (χ4n) is 1.97. The summed E-state index contributed by atoms with van der Waals surface area (Å²) in [4.78, 5) is 12.0. The molecule has 8 heteroatoms. The van der Waals surface area contributed by atoms with Crippen LogP contribution in [0.5, 0.6) is 0 Å². The van der Waals surface area contributed by atoms with Gasteiger partial charge < -0.3 is 10.6 Å². The summed E-state index contributed by atoms with van der Waals surface area (Å²) >= 11 is 5.81. The van der Waals surface area contributed by atoms with Crippen molar-refractivity contribution in [1.29, 1.82) is 0 Å². The molecule has 1 aromatic heterocycles. The number of nitrogens with zero attached hydrogens (tertiary/aromatic N) is 2. The van der Waals surface area contributed by atoms with Gasteiger partial charge >= 0.3 is 0 Å². The number of benzene rings is 2. The molecule has 2 aromatic carbocycles. The summed E-state index contributed by atoms with van der Waals surface area (Å²) in [5.41, 5.74) is 0.751. The van der Waals surface area contributed by atoms with Crippen molar-refractivity contribution in [3.05, 3.63) is 76.8 Å². The minimum Gasteiger partial charge on any atom is -0.339 e. The van der Waals surface area contributed by atoms with Crippen LogP contribution in [0.15, 0.2) is 54.6 Å². The summed E-state index contributed by atoms with van der Waals surface area (Å²) < 4.78 is 26.1. The monoisotopic (exact) mass is 360 g/mol. The smallest absolute Gasteiger partial charge is 0.256 e. The Morgan fingerprint density at radius 2 is 1.56 bits per heavy atom. The van der Waals surface area contributed by atoms with E-state index in [0.29, 0.717) is 10.8 Å². The molecule has 0 aliphatic carbocycles. The first-order valence-electron chi connectivity index (χ1n) is 7.14. The predicted molar refractivity (Wildman–Crippen MR) is 91.1 cm³/mol. The Morgan fingerprint density at radius 3 is 2.20 bits per heavy atom. The third-order valence-corrected chi connectivity index (χ3v) is 3.46. The lowest BCUT2D eigenvalue weighted by Gasteiger charge is -2.07. The number of halogens is 3. The van der Waals surface area contributed by atoms with Crippen molar-refractivity contribution in [1.82, 2.24) is 10.2 Å². The summed E-state index contributed by atoms with van der Waals surface area (Å²) in [6, 6.07) is 13.0. The van der Waals surface area contributed by atoms with Crippen LogP contribution in [0.1, 0.15) is 10.4 Å². The first-order chi connectivity index (χ1) is 12.0. The van der Waals surface area contributed by atoms with Crippen LogP contribution in [0.25, 0.3) is 0 Å². The van der Waals surface area contributed by atoms with Gasteiger partial charge in [-0.15, -0.1) is 10.2 Å². The first kappa shape index (κ1) is 16.8. The molecule has 3 aromatic rings. The average molecular weight is 361 g/mol. The van der Waals surface area contributed by atoms with Gasteiger partial charge in [0.15, 0.2) is 23.3 Å². The largest absolute Gasteiger partial charge is 0.339 e. The Balaban J connectivity index is 1.66. The number of carbonyl (C=O) groups is 1. The highest BCUT2D eigenvalue weighted by atomic mass is 35.5. The molecule has 3 rings (SSSR count). The van der Waals surface area contributed by atoms with Crippen LogP contribution in [-0.4, -0.2) is 16.1 Å². The summed E-state index contributed by atoms with van der Waals surface area (Å²) in [5.74, 6) is -2.09. The van der Waals surface area contributed by atoms with Gasteiger partial charge in [0.05, 0.1) is 0 Å². The highest BCUT2D eigenvalue weighted by Crippen LogP contribution is 2.18. The van der Waals surface area contributed by atoms with E-state index >= 15 is 0 Å². The van der Waals surface area contributed by atoms with Crippen LogP contribution in [0.4, 0.5) is 26.1 Å². The van der Waals surface area contributed by atoms with E-state index in [-0.39, 0.29) is 11.4 Å². The summed E-state index contributed by atoms with van der Waals surface area (Å²) in [6.07, 6.45) is 0. The molecule has 0 aliphatic heterocycles. The second kappa shape index (κ2) is 7.23. The molecule has 0 saturated heterocycles. The number of hydrogen-bond acceptors (Lipinski definition) is 4.